The molecule has 2 aromatic heterocycles. The minimum absolute atomic E-state index is 0.123. The Bertz CT molecular complexity index is 867. The van der Waals surface area contributed by atoms with Gasteiger partial charge in [0, 0.05) is 42.1 Å². The summed E-state index contributed by atoms with van der Waals surface area (Å²) in [5.74, 6) is -0.365. The van der Waals surface area contributed by atoms with Crippen molar-refractivity contribution in [3.05, 3.63) is 36.2 Å². The Labute approximate surface area is 120 Å². The number of carbonyl (C=O) groups excluding carboxylic acids is 2. The van der Waals surface area contributed by atoms with Crippen LogP contribution in [-0.4, -0.2) is 28.8 Å². The number of fused-ring (bicyclic) bond motifs is 3. The maximum atomic E-state index is 11.9. The highest BCUT2D eigenvalue weighted by atomic mass is 16.2. The maximum Gasteiger partial charge on any atom is 0.271 e. The molecule has 1 aromatic carbocycles. The van der Waals surface area contributed by atoms with Gasteiger partial charge in [0.25, 0.3) is 5.91 Å². The summed E-state index contributed by atoms with van der Waals surface area (Å²) >= 11 is 0. The van der Waals surface area contributed by atoms with Gasteiger partial charge in [-0.05, 0) is 24.3 Å². The summed E-state index contributed by atoms with van der Waals surface area (Å²) in [6.07, 6.45) is 1.60. The molecule has 0 saturated carbocycles. The van der Waals surface area contributed by atoms with Crippen LogP contribution in [0, 0.1) is 0 Å². The van der Waals surface area contributed by atoms with Gasteiger partial charge in [-0.3, -0.25) is 9.59 Å². The van der Waals surface area contributed by atoms with Crippen molar-refractivity contribution in [1.29, 1.82) is 0 Å². The molecule has 0 radical (unpaired) electrons. The Morgan fingerprint density at radius 1 is 1.19 bits per heavy atom. The van der Waals surface area contributed by atoms with Crippen molar-refractivity contribution in [2.24, 2.45) is 0 Å². The van der Waals surface area contributed by atoms with Gasteiger partial charge >= 0.3 is 0 Å². The Morgan fingerprint density at radius 2 is 2.00 bits per heavy atom. The molecule has 0 bridgehead atoms. The molecule has 0 spiro atoms. The molecule has 3 rings (SSSR count). The van der Waals surface area contributed by atoms with Gasteiger partial charge in [0.05, 0.1) is 5.52 Å². The molecule has 0 aliphatic rings. The number of benzene rings is 1. The lowest BCUT2D eigenvalue weighted by Gasteiger charge is -2.01. The molecule has 0 unspecified atom stereocenters. The van der Waals surface area contributed by atoms with Gasteiger partial charge in [0.2, 0.25) is 5.91 Å². The Morgan fingerprint density at radius 3 is 2.71 bits per heavy atom. The molecular formula is C15H14N4O2. The number of nitrogens with one attached hydrogen (secondary N) is 3. The number of hydrogen-bond donors (Lipinski definition) is 3. The Hall–Kier alpha value is -2.89. The van der Waals surface area contributed by atoms with Crippen molar-refractivity contribution in [3.8, 4) is 0 Å². The van der Waals surface area contributed by atoms with E-state index in [4.69, 9.17) is 0 Å². The third-order valence-corrected chi connectivity index (χ3v) is 3.28. The van der Waals surface area contributed by atoms with Crippen LogP contribution in [0.2, 0.25) is 0 Å². The lowest BCUT2D eigenvalue weighted by atomic mass is 10.1. The van der Waals surface area contributed by atoms with Crippen molar-refractivity contribution < 1.29 is 9.59 Å². The number of amides is 2. The number of aromatic nitrogens is 2. The fourth-order valence-corrected chi connectivity index (χ4v) is 2.40. The predicted octanol–water partition coefficient (Wildman–Crippen LogP) is 2.03. The first-order valence-electron chi connectivity index (χ1n) is 6.50. The van der Waals surface area contributed by atoms with Crippen LogP contribution in [0.5, 0.6) is 0 Å². The van der Waals surface area contributed by atoms with Crippen molar-refractivity contribution in [1.82, 2.24) is 15.3 Å². The zero-order chi connectivity index (χ0) is 15.0. The van der Waals surface area contributed by atoms with E-state index in [2.05, 4.69) is 20.6 Å². The second-order valence-corrected chi connectivity index (χ2v) is 4.73. The number of pyridine rings is 1. The van der Waals surface area contributed by atoms with E-state index in [9.17, 15) is 9.59 Å². The molecule has 106 valence electrons. The normalized spacial score (nSPS) is 10.8. The molecule has 0 aliphatic carbocycles. The first-order valence-corrected chi connectivity index (χ1v) is 6.50. The number of nitrogens with zero attached hydrogens (tertiary/aromatic N) is 1. The van der Waals surface area contributed by atoms with Gasteiger partial charge in [0.1, 0.15) is 0 Å². The van der Waals surface area contributed by atoms with Gasteiger partial charge in [-0.15, -0.1) is 0 Å². The summed E-state index contributed by atoms with van der Waals surface area (Å²) < 4.78 is 0. The predicted molar refractivity (Wildman–Crippen MR) is 81.3 cm³/mol. The summed E-state index contributed by atoms with van der Waals surface area (Å²) in [7, 11) is 1.57. The highest BCUT2D eigenvalue weighted by molar-refractivity contribution is 6.14. The molecule has 0 saturated heterocycles. The van der Waals surface area contributed by atoms with E-state index in [-0.39, 0.29) is 11.8 Å². The monoisotopic (exact) mass is 282 g/mol. The molecule has 6 heteroatoms. The van der Waals surface area contributed by atoms with Crippen LogP contribution < -0.4 is 10.6 Å². The average Bonchev–Trinajstić information content (AvgIpc) is 2.84. The molecule has 0 atom stereocenters. The van der Waals surface area contributed by atoms with Crippen LogP contribution in [0.15, 0.2) is 30.5 Å². The van der Waals surface area contributed by atoms with Gasteiger partial charge in [-0.2, -0.15) is 0 Å². The van der Waals surface area contributed by atoms with Crippen LogP contribution >= 0.6 is 0 Å². The summed E-state index contributed by atoms with van der Waals surface area (Å²) in [4.78, 5) is 30.4. The summed E-state index contributed by atoms with van der Waals surface area (Å²) in [5, 5.41) is 7.16. The lowest BCUT2D eigenvalue weighted by Crippen LogP contribution is -2.19. The first kappa shape index (κ1) is 13.1. The van der Waals surface area contributed by atoms with E-state index in [0.29, 0.717) is 16.9 Å². The molecule has 3 aromatic rings. The van der Waals surface area contributed by atoms with E-state index in [0.717, 1.165) is 16.3 Å². The summed E-state index contributed by atoms with van der Waals surface area (Å²) in [6.45, 7) is 1.47. The molecule has 3 N–H and O–H groups in total. The minimum atomic E-state index is -0.241. The quantitative estimate of drug-likeness (QED) is 0.672. The topological polar surface area (TPSA) is 86.9 Å². The average molecular weight is 282 g/mol. The Kier molecular flexibility index (Phi) is 3.06. The number of anilines is 1. The number of aromatic amines is 1. The number of carbonyl (C=O) groups is 2. The second kappa shape index (κ2) is 4.90. The van der Waals surface area contributed by atoms with Crippen LogP contribution in [-0.2, 0) is 4.79 Å². The fourth-order valence-electron chi connectivity index (χ4n) is 2.40. The first-order chi connectivity index (χ1) is 10.1. The van der Waals surface area contributed by atoms with Gasteiger partial charge in [-0.1, -0.05) is 0 Å². The third-order valence-electron chi connectivity index (χ3n) is 3.28. The number of H-pyrrole nitrogens is 1. The van der Waals surface area contributed by atoms with Crippen LogP contribution in [0.3, 0.4) is 0 Å². The largest absolute Gasteiger partial charge is 0.354 e. The molecule has 21 heavy (non-hydrogen) atoms. The molecule has 0 fully saturated rings. The van der Waals surface area contributed by atoms with Crippen molar-refractivity contribution in [2.75, 3.05) is 12.4 Å². The summed E-state index contributed by atoms with van der Waals surface area (Å²) in [5.41, 5.74) is 2.64. The molecule has 2 heterocycles. The van der Waals surface area contributed by atoms with E-state index >= 15 is 0 Å². The van der Waals surface area contributed by atoms with Crippen molar-refractivity contribution in [3.63, 3.8) is 0 Å². The van der Waals surface area contributed by atoms with E-state index < -0.39 is 0 Å². The number of hydrogen-bond acceptors (Lipinski definition) is 3. The van der Waals surface area contributed by atoms with E-state index in [1.54, 1.807) is 13.2 Å². The van der Waals surface area contributed by atoms with E-state index in [1.807, 2.05) is 24.3 Å². The Balaban J connectivity index is 2.25. The SMILES string of the molecule is CNC(=O)c1nccc2c1[nH]c1ccc(NC(C)=O)cc12. The zero-order valence-corrected chi connectivity index (χ0v) is 11.7. The van der Waals surface area contributed by atoms with Crippen LogP contribution in [0.1, 0.15) is 17.4 Å². The number of rotatable bonds is 2. The smallest absolute Gasteiger partial charge is 0.271 e. The maximum absolute atomic E-state index is 11.9. The standard InChI is InChI=1S/C15H14N4O2/c1-8(20)18-9-3-4-12-11(7-9)10-5-6-17-14(13(10)19-12)15(21)16-2/h3-7,19H,1-2H3,(H,16,21)(H,18,20). The molecule has 2 amide bonds. The van der Waals surface area contributed by atoms with Crippen LogP contribution in [0.4, 0.5) is 5.69 Å². The van der Waals surface area contributed by atoms with E-state index in [1.165, 1.54) is 6.92 Å². The molecule has 0 aliphatic heterocycles. The van der Waals surface area contributed by atoms with Crippen molar-refractivity contribution >= 4 is 39.3 Å². The second-order valence-electron chi connectivity index (χ2n) is 4.73. The summed E-state index contributed by atoms with van der Waals surface area (Å²) in [6, 6.07) is 7.40. The van der Waals surface area contributed by atoms with Crippen molar-refractivity contribution in [2.45, 2.75) is 6.92 Å². The minimum Gasteiger partial charge on any atom is -0.354 e. The highest BCUT2D eigenvalue weighted by Gasteiger charge is 2.14. The van der Waals surface area contributed by atoms with Gasteiger partial charge in [0.15, 0.2) is 5.69 Å². The lowest BCUT2D eigenvalue weighted by molar-refractivity contribution is -0.114. The third kappa shape index (κ3) is 2.20. The van der Waals surface area contributed by atoms with Gasteiger partial charge < -0.3 is 15.6 Å². The zero-order valence-electron chi connectivity index (χ0n) is 11.7. The fraction of sp³-hybridized carbons (Fsp3) is 0.133. The van der Waals surface area contributed by atoms with Gasteiger partial charge in [-0.25, -0.2) is 4.98 Å². The van der Waals surface area contributed by atoms with Crippen LogP contribution in [0.25, 0.3) is 21.8 Å². The molecule has 6 nitrogen and oxygen atoms in total. The molecular weight excluding hydrogens is 268 g/mol. The highest BCUT2D eigenvalue weighted by Crippen LogP contribution is 2.28.